The third-order valence-electron chi connectivity index (χ3n) is 3.48. The van der Waals surface area contributed by atoms with Crippen LogP contribution in [0.3, 0.4) is 0 Å². The van der Waals surface area contributed by atoms with E-state index in [1.165, 1.54) is 6.20 Å². The number of nitro groups is 1. The lowest BCUT2D eigenvalue weighted by Gasteiger charge is -2.42. The lowest BCUT2D eigenvalue weighted by molar-refractivity contribution is -0.385. The van der Waals surface area contributed by atoms with Crippen LogP contribution in [0.15, 0.2) is 10.7 Å². The molecule has 0 aliphatic heterocycles. The topological polar surface area (TPSA) is 103 Å². The zero-order valence-electron chi connectivity index (χ0n) is 11.3. The van der Waals surface area contributed by atoms with Crippen LogP contribution in [0.2, 0.25) is 0 Å². The van der Waals surface area contributed by atoms with E-state index in [1.807, 2.05) is 6.92 Å². The first-order valence-electron chi connectivity index (χ1n) is 6.38. The Labute approximate surface area is 125 Å². The van der Waals surface area contributed by atoms with E-state index in [0.717, 1.165) is 6.42 Å². The van der Waals surface area contributed by atoms with Crippen molar-refractivity contribution >= 4 is 27.4 Å². The predicted octanol–water partition coefficient (Wildman–Crippen LogP) is 1.98. The predicted molar refractivity (Wildman–Crippen MR) is 78.7 cm³/mol. The molecule has 3 unspecified atom stereocenters. The number of ether oxygens (including phenoxy) is 1. The molecule has 20 heavy (non-hydrogen) atoms. The molecule has 3 atom stereocenters. The van der Waals surface area contributed by atoms with E-state index in [9.17, 15) is 10.1 Å². The van der Waals surface area contributed by atoms with Crippen LogP contribution in [0.4, 0.5) is 11.5 Å². The summed E-state index contributed by atoms with van der Waals surface area (Å²) in [7, 11) is 0. The second-order valence-corrected chi connectivity index (χ2v) is 5.54. The summed E-state index contributed by atoms with van der Waals surface area (Å²) in [5, 5.41) is 14.1. The number of hydrogen-bond acceptors (Lipinski definition) is 6. The van der Waals surface area contributed by atoms with E-state index in [4.69, 9.17) is 10.5 Å². The monoisotopic (exact) mass is 344 g/mol. The number of halogens is 1. The Morgan fingerprint density at radius 1 is 1.70 bits per heavy atom. The maximum absolute atomic E-state index is 10.8. The molecule has 1 saturated carbocycles. The van der Waals surface area contributed by atoms with Gasteiger partial charge in [0.15, 0.2) is 0 Å². The average molecular weight is 345 g/mol. The highest BCUT2D eigenvalue weighted by molar-refractivity contribution is 9.10. The van der Waals surface area contributed by atoms with Gasteiger partial charge < -0.3 is 15.8 Å². The molecule has 1 fully saturated rings. The molecule has 0 amide bonds. The molecule has 0 spiro atoms. The van der Waals surface area contributed by atoms with E-state index >= 15 is 0 Å². The summed E-state index contributed by atoms with van der Waals surface area (Å²) in [5.41, 5.74) is 6.49. The lowest BCUT2D eigenvalue weighted by Crippen LogP contribution is -2.60. The molecular weight excluding hydrogens is 328 g/mol. The number of pyridine rings is 1. The summed E-state index contributed by atoms with van der Waals surface area (Å²) in [6.45, 7) is 4.24. The van der Waals surface area contributed by atoms with Gasteiger partial charge in [-0.3, -0.25) is 10.1 Å². The molecule has 0 aromatic carbocycles. The molecule has 1 aliphatic carbocycles. The van der Waals surface area contributed by atoms with Gasteiger partial charge in [-0.05, 0) is 36.2 Å². The quantitative estimate of drug-likeness (QED) is 0.625. The van der Waals surface area contributed by atoms with Gasteiger partial charge in [-0.25, -0.2) is 4.98 Å². The van der Waals surface area contributed by atoms with Crippen LogP contribution in [-0.4, -0.2) is 34.7 Å². The maximum atomic E-state index is 10.8. The Morgan fingerprint density at radius 3 is 2.95 bits per heavy atom. The third-order valence-corrected chi connectivity index (χ3v) is 4.45. The van der Waals surface area contributed by atoms with Gasteiger partial charge in [0.2, 0.25) is 0 Å². The van der Waals surface area contributed by atoms with Crippen LogP contribution in [0.25, 0.3) is 0 Å². The fraction of sp³-hybridized carbons (Fsp3) is 0.583. The molecule has 0 saturated heterocycles. The summed E-state index contributed by atoms with van der Waals surface area (Å²) >= 11 is 3.35. The lowest BCUT2D eigenvalue weighted by atomic mass is 9.83. The van der Waals surface area contributed by atoms with E-state index in [-0.39, 0.29) is 23.9 Å². The normalized spacial score (nSPS) is 25.1. The van der Waals surface area contributed by atoms with E-state index in [2.05, 4.69) is 26.2 Å². The molecule has 2 rings (SSSR count). The van der Waals surface area contributed by atoms with E-state index < -0.39 is 4.92 Å². The first kappa shape index (κ1) is 15.1. The highest BCUT2D eigenvalue weighted by Gasteiger charge is 2.40. The minimum atomic E-state index is -0.449. The highest BCUT2D eigenvalue weighted by Crippen LogP contribution is 2.33. The number of nitrogens with two attached hydrogens (primary N) is 1. The van der Waals surface area contributed by atoms with E-state index in [0.29, 0.717) is 22.5 Å². The van der Waals surface area contributed by atoms with Crippen molar-refractivity contribution < 1.29 is 9.66 Å². The molecule has 1 aromatic rings. The second-order valence-electron chi connectivity index (χ2n) is 4.75. The van der Waals surface area contributed by atoms with Crippen molar-refractivity contribution in [3.05, 3.63) is 26.3 Å². The van der Waals surface area contributed by atoms with Gasteiger partial charge in [0.05, 0.1) is 21.5 Å². The summed E-state index contributed by atoms with van der Waals surface area (Å²) in [6.07, 6.45) is 2.11. The van der Waals surface area contributed by atoms with Gasteiger partial charge >= 0.3 is 0 Å². The Bertz CT molecular complexity index is 524. The fourth-order valence-electron chi connectivity index (χ4n) is 2.24. The van der Waals surface area contributed by atoms with Crippen molar-refractivity contribution in [3.8, 4) is 0 Å². The van der Waals surface area contributed by atoms with Crippen LogP contribution in [0.1, 0.15) is 18.9 Å². The van der Waals surface area contributed by atoms with Crippen LogP contribution in [-0.2, 0) is 4.74 Å². The van der Waals surface area contributed by atoms with Crippen molar-refractivity contribution in [2.75, 3.05) is 11.9 Å². The zero-order valence-corrected chi connectivity index (χ0v) is 12.9. The SMILES string of the molecule is CCOC1CC(N)C1Nc1ncc([N+](=O)[O-])c(C)c1Br. The standard InChI is InChI=1S/C12H17BrN4O3/c1-3-20-9-4-7(14)11(9)16-12-10(13)6(2)8(5-15-12)17(18)19/h5,7,9,11H,3-4,14H2,1-2H3,(H,15,16). The van der Waals surface area contributed by atoms with Gasteiger partial charge in [-0.15, -0.1) is 0 Å². The summed E-state index contributed by atoms with van der Waals surface area (Å²) in [4.78, 5) is 14.5. The molecule has 8 heteroatoms. The van der Waals surface area contributed by atoms with E-state index in [1.54, 1.807) is 6.92 Å². The Hall–Kier alpha value is -1.25. The Morgan fingerprint density at radius 2 is 2.40 bits per heavy atom. The number of nitrogens with one attached hydrogen (secondary N) is 1. The molecule has 1 heterocycles. The van der Waals surface area contributed by atoms with Gasteiger partial charge in [0.1, 0.15) is 12.0 Å². The highest BCUT2D eigenvalue weighted by atomic mass is 79.9. The smallest absolute Gasteiger partial charge is 0.291 e. The molecule has 110 valence electrons. The van der Waals surface area contributed by atoms with Crippen LogP contribution in [0, 0.1) is 17.0 Å². The number of rotatable bonds is 5. The molecule has 1 aliphatic rings. The molecule has 7 nitrogen and oxygen atoms in total. The third kappa shape index (κ3) is 2.77. The van der Waals surface area contributed by atoms with Crippen molar-refractivity contribution in [3.63, 3.8) is 0 Å². The average Bonchev–Trinajstić information content (AvgIpc) is 2.39. The van der Waals surface area contributed by atoms with Crippen LogP contribution < -0.4 is 11.1 Å². The molecule has 0 bridgehead atoms. The minimum absolute atomic E-state index is 0.00394. The van der Waals surface area contributed by atoms with Gasteiger partial charge in [0, 0.05) is 18.2 Å². The number of aromatic nitrogens is 1. The van der Waals surface area contributed by atoms with Crippen molar-refractivity contribution in [1.82, 2.24) is 4.98 Å². The molecule has 3 N–H and O–H groups in total. The number of anilines is 1. The Kier molecular flexibility index (Phi) is 4.56. The summed E-state index contributed by atoms with van der Waals surface area (Å²) < 4.78 is 6.16. The van der Waals surface area contributed by atoms with Crippen molar-refractivity contribution in [2.45, 2.75) is 38.5 Å². The van der Waals surface area contributed by atoms with Gasteiger partial charge in [0.25, 0.3) is 5.69 Å². The Balaban J connectivity index is 2.18. The van der Waals surface area contributed by atoms with Gasteiger partial charge in [-0.1, -0.05) is 0 Å². The fourth-order valence-corrected chi connectivity index (χ4v) is 2.66. The van der Waals surface area contributed by atoms with Crippen LogP contribution >= 0.6 is 15.9 Å². The number of nitrogens with zero attached hydrogens (tertiary/aromatic N) is 2. The number of hydrogen-bond donors (Lipinski definition) is 2. The summed E-state index contributed by atoms with van der Waals surface area (Å²) in [6, 6.07) is -0.0321. The van der Waals surface area contributed by atoms with Gasteiger partial charge in [-0.2, -0.15) is 0 Å². The van der Waals surface area contributed by atoms with Crippen LogP contribution in [0.5, 0.6) is 0 Å². The maximum Gasteiger partial charge on any atom is 0.291 e. The van der Waals surface area contributed by atoms with Crippen molar-refractivity contribution in [2.24, 2.45) is 5.73 Å². The largest absolute Gasteiger partial charge is 0.376 e. The first-order chi connectivity index (χ1) is 9.45. The minimum Gasteiger partial charge on any atom is -0.376 e. The molecular formula is C12H17BrN4O3. The summed E-state index contributed by atoms with van der Waals surface area (Å²) in [5.74, 6) is 0.554. The first-order valence-corrected chi connectivity index (χ1v) is 7.18. The molecule has 0 radical (unpaired) electrons. The second kappa shape index (κ2) is 6.02. The van der Waals surface area contributed by atoms with Crippen molar-refractivity contribution in [1.29, 1.82) is 0 Å². The zero-order chi connectivity index (χ0) is 14.9. The molecule has 1 aromatic heterocycles.